The Morgan fingerprint density at radius 1 is 1.33 bits per heavy atom. The average molecular weight is 315 g/mol. The number of carbonyl (C=O) groups is 1. The molecular formula is C13H21N3O4S. The van der Waals surface area contributed by atoms with Crippen LogP contribution in [0.3, 0.4) is 0 Å². The highest BCUT2D eigenvalue weighted by Crippen LogP contribution is 2.11. The molecule has 0 aliphatic rings. The summed E-state index contributed by atoms with van der Waals surface area (Å²) in [4.78, 5) is 12.7. The molecule has 1 unspecified atom stereocenters. The summed E-state index contributed by atoms with van der Waals surface area (Å²) in [6.07, 6.45) is 0. The molecule has 1 amide bonds. The van der Waals surface area contributed by atoms with E-state index < -0.39 is 21.5 Å². The number of nitrogens with one attached hydrogen (secondary N) is 1. The van der Waals surface area contributed by atoms with Gasteiger partial charge in [-0.25, -0.2) is 13.1 Å². The molecule has 21 heavy (non-hydrogen) atoms. The van der Waals surface area contributed by atoms with Gasteiger partial charge in [-0.05, 0) is 45.3 Å². The lowest BCUT2D eigenvalue weighted by atomic mass is 10.1. The van der Waals surface area contributed by atoms with Gasteiger partial charge in [0.05, 0.1) is 10.5 Å². The van der Waals surface area contributed by atoms with Crippen LogP contribution in [-0.2, 0) is 10.0 Å². The third-order valence-electron chi connectivity index (χ3n) is 2.75. The van der Waals surface area contributed by atoms with E-state index in [9.17, 15) is 18.3 Å². The van der Waals surface area contributed by atoms with Crippen molar-refractivity contribution < 1.29 is 18.3 Å². The number of amides is 1. The quantitative estimate of drug-likeness (QED) is 0.620. The summed E-state index contributed by atoms with van der Waals surface area (Å²) < 4.78 is 26.5. The van der Waals surface area contributed by atoms with Crippen molar-refractivity contribution in [3.05, 3.63) is 29.8 Å². The van der Waals surface area contributed by atoms with Crippen molar-refractivity contribution >= 4 is 15.9 Å². The molecule has 0 heterocycles. The molecule has 0 fully saturated rings. The maximum Gasteiger partial charge on any atom is 0.248 e. The molecule has 1 atom stereocenters. The van der Waals surface area contributed by atoms with Gasteiger partial charge in [-0.3, -0.25) is 4.79 Å². The molecule has 7 nitrogen and oxygen atoms in total. The van der Waals surface area contributed by atoms with Crippen LogP contribution in [0.5, 0.6) is 0 Å². The highest BCUT2D eigenvalue weighted by molar-refractivity contribution is 7.89. The van der Waals surface area contributed by atoms with Crippen LogP contribution in [0.15, 0.2) is 29.2 Å². The summed E-state index contributed by atoms with van der Waals surface area (Å²) in [5.41, 5.74) is 4.13. The lowest BCUT2D eigenvalue weighted by molar-refractivity contribution is 0.0386. The highest BCUT2D eigenvalue weighted by atomic mass is 32.2. The maximum absolute atomic E-state index is 12.1. The van der Waals surface area contributed by atoms with E-state index in [1.807, 2.05) is 0 Å². The summed E-state index contributed by atoms with van der Waals surface area (Å²) in [6.45, 7) is 1.74. The lowest BCUT2D eigenvalue weighted by Crippen LogP contribution is -2.47. The first-order valence-corrected chi connectivity index (χ1v) is 7.78. The van der Waals surface area contributed by atoms with E-state index in [2.05, 4.69) is 4.72 Å². The van der Waals surface area contributed by atoms with E-state index in [0.29, 0.717) is 6.54 Å². The van der Waals surface area contributed by atoms with Crippen LogP contribution in [-0.4, -0.2) is 57.1 Å². The number of primary amides is 1. The molecule has 0 spiro atoms. The van der Waals surface area contributed by atoms with Gasteiger partial charge >= 0.3 is 0 Å². The maximum atomic E-state index is 12.1. The fourth-order valence-corrected chi connectivity index (χ4v) is 3.03. The number of nitrogens with zero attached hydrogens (tertiary/aromatic N) is 1. The second-order valence-electron chi connectivity index (χ2n) is 5.45. The van der Waals surface area contributed by atoms with E-state index in [1.165, 1.54) is 24.3 Å². The van der Waals surface area contributed by atoms with Gasteiger partial charge in [0.1, 0.15) is 0 Å². The summed E-state index contributed by atoms with van der Waals surface area (Å²) in [5, 5.41) is 10.1. The number of benzene rings is 1. The normalized spacial score (nSPS) is 14.9. The minimum Gasteiger partial charge on any atom is -0.387 e. The zero-order valence-electron chi connectivity index (χ0n) is 12.3. The second-order valence-corrected chi connectivity index (χ2v) is 7.21. The van der Waals surface area contributed by atoms with Crippen molar-refractivity contribution in [2.75, 3.05) is 27.2 Å². The molecule has 118 valence electrons. The molecule has 0 bridgehead atoms. The van der Waals surface area contributed by atoms with Gasteiger partial charge in [0, 0.05) is 18.7 Å². The van der Waals surface area contributed by atoms with Gasteiger partial charge in [-0.1, -0.05) is 0 Å². The SMILES string of the molecule is CN(C)CC(C)(O)CNS(=O)(=O)c1ccc(C(N)=O)cc1. The Kier molecular flexibility index (Phi) is 5.46. The van der Waals surface area contributed by atoms with Gasteiger partial charge in [0.2, 0.25) is 15.9 Å². The molecule has 8 heteroatoms. The van der Waals surface area contributed by atoms with Crippen molar-refractivity contribution in [1.82, 2.24) is 9.62 Å². The van der Waals surface area contributed by atoms with E-state index in [0.717, 1.165) is 0 Å². The van der Waals surface area contributed by atoms with Crippen molar-refractivity contribution in [3.8, 4) is 0 Å². The first-order chi connectivity index (χ1) is 9.53. The smallest absolute Gasteiger partial charge is 0.248 e. The molecular weight excluding hydrogens is 294 g/mol. The zero-order chi connectivity index (χ0) is 16.3. The molecule has 0 saturated heterocycles. The number of likely N-dealkylation sites (N-methyl/N-ethyl adjacent to an activating group) is 1. The van der Waals surface area contributed by atoms with Crippen LogP contribution >= 0.6 is 0 Å². The van der Waals surface area contributed by atoms with E-state index in [1.54, 1.807) is 25.9 Å². The standard InChI is InChI=1S/C13H21N3O4S/c1-13(18,9-16(2)3)8-15-21(19,20)11-6-4-10(5-7-11)12(14)17/h4-7,15,18H,8-9H2,1-3H3,(H2,14,17). The number of aliphatic hydroxyl groups is 1. The Labute approximate surface area is 124 Å². The van der Waals surface area contributed by atoms with E-state index in [-0.39, 0.29) is 17.0 Å². The predicted octanol–water partition coefficient (Wildman–Crippen LogP) is -0.624. The number of rotatable bonds is 7. The number of hydrogen-bond acceptors (Lipinski definition) is 5. The van der Waals surface area contributed by atoms with Gasteiger partial charge in [-0.15, -0.1) is 0 Å². The van der Waals surface area contributed by atoms with Gasteiger partial charge in [0.15, 0.2) is 0 Å². The molecule has 4 N–H and O–H groups in total. The zero-order valence-corrected chi connectivity index (χ0v) is 13.1. The number of nitrogens with two attached hydrogens (primary N) is 1. The van der Waals surface area contributed by atoms with E-state index >= 15 is 0 Å². The van der Waals surface area contributed by atoms with Crippen LogP contribution in [0.25, 0.3) is 0 Å². The summed E-state index contributed by atoms with van der Waals surface area (Å²) in [7, 11) is -0.186. The number of hydrogen-bond donors (Lipinski definition) is 3. The summed E-state index contributed by atoms with van der Waals surface area (Å²) >= 11 is 0. The van der Waals surface area contributed by atoms with Crippen molar-refractivity contribution in [2.45, 2.75) is 17.4 Å². The van der Waals surface area contributed by atoms with Gasteiger partial charge in [0.25, 0.3) is 0 Å². The molecule has 1 rings (SSSR count). The highest BCUT2D eigenvalue weighted by Gasteiger charge is 2.25. The molecule has 1 aromatic rings. The molecule has 1 aromatic carbocycles. The third-order valence-corrected chi connectivity index (χ3v) is 4.17. The summed E-state index contributed by atoms with van der Waals surface area (Å²) in [6, 6.07) is 5.27. The van der Waals surface area contributed by atoms with Gasteiger partial charge < -0.3 is 15.7 Å². The average Bonchev–Trinajstić information content (AvgIpc) is 2.35. The van der Waals surface area contributed by atoms with Crippen LogP contribution in [0.4, 0.5) is 0 Å². The fourth-order valence-electron chi connectivity index (χ4n) is 1.87. The van der Waals surface area contributed by atoms with Crippen molar-refractivity contribution in [2.24, 2.45) is 5.73 Å². The Balaban J connectivity index is 2.80. The molecule has 0 aliphatic carbocycles. The first kappa shape index (κ1) is 17.6. The largest absolute Gasteiger partial charge is 0.387 e. The first-order valence-electron chi connectivity index (χ1n) is 6.30. The van der Waals surface area contributed by atoms with Crippen LogP contribution in [0.2, 0.25) is 0 Å². The number of carbonyl (C=O) groups excluding carboxylic acids is 1. The van der Waals surface area contributed by atoms with Crippen molar-refractivity contribution in [1.29, 1.82) is 0 Å². The Bertz CT molecular complexity index is 594. The lowest BCUT2D eigenvalue weighted by Gasteiger charge is -2.27. The third kappa shape index (κ3) is 5.43. The minimum absolute atomic E-state index is 0.00755. The van der Waals surface area contributed by atoms with Gasteiger partial charge in [-0.2, -0.15) is 0 Å². The fraction of sp³-hybridized carbons (Fsp3) is 0.462. The molecule has 0 aliphatic heterocycles. The Hall–Kier alpha value is -1.48. The summed E-state index contributed by atoms with van der Waals surface area (Å²) in [5.74, 6) is -0.624. The second kappa shape index (κ2) is 6.52. The number of sulfonamides is 1. The van der Waals surface area contributed by atoms with Crippen LogP contribution < -0.4 is 10.5 Å². The topological polar surface area (TPSA) is 113 Å². The van der Waals surface area contributed by atoms with Crippen LogP contribution in [0.1, 0.15) is 17.3 Å². The monoisotopic (exact) mass is 315 g/mol. The predicted molar refractivity (Wildman–Crippen MR) is 79.3 cm³/mol. The molecule has 0 aromatic heterocycles. The molecule has 0 radical (unpaired) electrons. The Morgan fingerprint density at radius 3 is 2.29 bits per heavy atom. The minimum atomic E-state index is -3.75. The Morgan fingerprint density at radius 2 is 1.86 bits per heavy atom. The van der Waals surface area contributed by atoms with Crippen LogP contribution in [0, 0.1) is 0 Å². The molecule has 0 saturated carbocycles. The van der Waals surface area contributed by atoms with E-state index in [4.69, 9.17) is 5.73 Å². The van der Waals surface area contributed by atoms with Crippen molar-refractivity contribution in [3.63, 3.8) is 0 Å².